The molecule has 0 radical (unpaired) electrons. The van der Waals surface area contributed by atoms with Gasteiger partial charge in [0.2, 0.25) is 10.0 Å². The van der Waals surface area contributed by atoms with E-state index in [2.05, 4.69) is 35.7 Å². The van der Waals surface area contributed by atoms with Crippen molar-refractivity contribution in [1.82, 2.24) is 30.4 Å². The smallest absolute Gasteiger partial charge is 0.326 e. The first kappa shape index (κ1) is 26.8. The van der Waals surface area contributed by atoms with Crippen molar-refractivity contribution in [3.05, 3.63) is 65.8 Å². The molecule has 0 bridgehead atoms. The number of aryl methyl sites for hydroxylation is 2. The molecule has 0 spiro atoms. The second-order valence-corrected chi connectivity index (χ2v) is 9.99. The van der Waals surface area contributed by atoms with Crippen LogP contribution in [0.25, 0.3) is 10.9 Å². The van der Waals surface area contributed by atoms with Gasteiger partial charge in [0.15, 0.2) is 5.76 Å². The molecule has 200 valence electrons. The summed E-state index contributed by atoms with van der Waals surface area (Å²) in [6.45, 7) is 3.06. The summed E-state index contributed by atoms with van der Waals surface area (Å²) in [5.74, 6) is -0.608. The van der Waals surface area contributed by atoms with Gasteiger partial charge in [-0.25, -0.2) is 13.4 Å². The van der Waals surface area contributed by atoms with Crippen LogP contribution < -0.4 is 15.4 Å². The molecular formula is C24H27N7O6S. The van der Waals surface area contributed by atoms with Gasteiger partial charge in [0.1, 0.15) is 22.4 Å². The molecule has 1 atom stereocenters. The highest BCUT2D eigenvalue weighted by Gasteiger charge is 2.31. The van der Waals surface area contributed by atoms with Gasteiger partial charge in [-0.1, -0.05) is 17.3 Å². The molecule has 4 rings (SSSR count). The molecule has 14 heteroatoms. The third-order valence-electron chi connectivity index (χ3n) is 5.55. The van der Waals surface area contributed by atoms with E-state index in [4.69, 9.17) is 9.26 Å². The van der Waals surface area contributed by atoms with E-state index in [-0.39, 0.29) is 29.5 Å². The number of amides is 1. The Labute approximate surface area is 218 Å². The molecule has 3 heterocycles. The fourth-order valence-electron chi connectivity index (χ4n) is 3.76. The first-order valence-electron chi connectivity index (χ1n) is 11.7. The lowest BCUT2D eigenvalue weighted by Crippen LogP contribution is -2.49. The molecule has 38 heavy (non-hydrogen) atoms. The van der Waals surface area contributed by atoms with Crippen molar-refractivity contribution < 1.29 is 27.3 Å². The van der Waals surface area contributed by atoms with E-state index in [0.29, 0.717) is 35.2 Å². The van der Waals surface area contributed by atoms with E-state index in [1.807, 2.05) is 6.07 Å². The molecule has 13 nitrogen and oxygen atoms in total. The van der Waals surface area contributed by atoms with Crippen LogP contribution in [-0.4, -0.2) is 66.4 Å². The Hall–Kier alpha value is -4.30. The van der Waals surface area contributed by atoms with Crippen LogP contribution in [0.3, 0.4) is 0 Å². The normalized spacial score (nSPS) is 12.3. The topological polar surface area (TPSA) is 181 Å². The van der Waals surface area contributed by atoms with E-state index in [9.17, 15) is 18.0 Å². The number of aromatic amines is 1. The van der Waals surface area contributed by atoms with Crippen LogP contribution >= 0.6 is 0 Å². The molecule has 3 aromatic heterocycles. The molecular weight excluding hydrogens is 514 g/mol. The van der Waals surface area contributed by atoms with Gasteiger partial charge >= 0.3 is 5.97 Å². The summed E-state index contributed by atoms with van der Waals surface area (Å²) in [7, 11) is -4.23. The maximum absolute atomic E-state index is 13.1. The minimum Gasteiger partial charge on any atom is -0.464 e. The molecule has 0 aliphatic carbocycles. The summed E-state index contributed by atoms with van der Waals surface area (Å²) in [5, 5.41) is 16.7. The zero-order valence-corrected chi connectivity index (χ0v) is 21.5. The van der Waals surface area contributed by atoms with Crippen LogP contribution in [0, 0.1) is 13.8 Å². The Morgan fingerprint density at radius 1 is 1.16 bits per heavy atom. The summed E-state index contributed by atoms with van der Waals surface area (Å²) in [5.41, 5.74) is 1.11. The fourth-order valence-corrected chi connectivity index (χ4v) is 5.28. The Morgan fingerprint density at radius 2 is 2.00 bits per heavy atom. The molecule has 0 saturated carbocycles. The number of carbonyl (C=O) groups excluding carboxylic acids is 2. The number of ether oxygens (including phenoxy) is 1. The highest BCUT2D eigenvalue weighted by molar-refractivity contribution is 7.89. The van der Waals surface area contributed by atoms with E-state index in [1.54, 1.807) is 36.5 Å². The molecule has 1 aromatic carbocycles. The predicted octanol–water partition coefficient (Wildman–Crippen LogP) is 1.69. The number of hydrogen-bond acceptors (Lipinski definition) is 10. The van der Waals surface area contributed by atoms with Gasteiger partial charge in [0.05, 0.1) is 23.9 Å². The average molecular weight is 542 g/mol. The number of carbonyl (C=O) groups is 2. The number of esters is 1. The minimum absolute atomic E-state index is 0.0183. The van der Waals surface area contributed by atoms with Crippen molar-refractivity contribution in [3.63, 3.8) is 0 Å². The molecule has 4 aromatic rings. The number of rotatable bonds is 12. The van der Waals surface area contributed by atoms with Crippen molar-refractivity contribution >= 4 is 38.6 Å². The van der Waals surface area contributed by atoms with Crippen LogP contribution in [-0.2, 0) is 19.6 Å². The van der Waals surface area contributed by atoms with Crippen LogP contribution in [0.4, 0.5) is 5.82 Å². The summed E-state index contributed by atoms with van der Waals surface area (Å²) in [6, 6.07) is 9.07. The molecule has 1 unspecified atom stereocenters. The van der Waals surface area contributed by atoms with Crippen molar-refractivity contribution in [2.75, 3.05) is 25.0 Å². The van der Waals surface area contributed by atoms with Crippen molar-refractivity contribution in [2.45, 2.75) is 31.2 Å². The van der Waals surface area contributed by atoms with Gasteiger partial charge in [-0.3, -0.25) is 14.7 Å². The summed E-state index contributed by atoms with van der Waals surface area (Å²) in [6.07, 6.45) is 3.61. The second kappa shape index (κ2) is 11.8. The number of nitrogens with one attached hydrogen (secondary N) is 4. The van der Waals surface area contributed by atoms with Gasteiger partial charge in [0.25, 0.3) is 5.91 Å². The number of H-pyrrole nitrogens is 1. The maximum atomic E-state index is 13.1. The highest BCUT2D eigenvalue weighted by Crippen LogP contribution is 2.19. The number of pyridine rings is 1. The number of fused-ring (bicyclic) bond motifs is 1. The summed E-state index contributed by atoms with van der Waals surface area (Å²) in [4.78, 5) is 29.8. The zero-order valence-electron chi connectivity index (χ0n) is 20.7. The number of hydrogen-bond donors (Lipinski definition) is 4. The lowest BCUT2D eigenvalue weighted by atomic mass is 10.1. The summed E-state index contributed by atoms with van der Waals surface area (Å²) < 4.78 is 38.8. The second-order valence-electron chi connectivity index (χ2n) is 8.34. The van der Waals surface area contributed by atoms with Crippen molar-refractivity contribution in [1.29, 1.82) is 0 Å². The van der Waals surface area contributed by atoms with Crippen LogP contribution in [0.5, 0.6) is 0 Å². The van der Waals surface area contributed by atoms with Gasteiger partial charge < -0.3 is 19.9 Å². The number of benzene rings is 1. The lowest BCUT2D eigenvalue weighted by Gasteiger charge is -2.18. The third-order valence-corrected chi connectivity index (χ3v) is 7.27. The first-order valence-corrected chi connectivity index (χ1v) is 13.2. The van der Waals surface area contributed by atoms with E-state index in [1.165, 1.54) is 20.0 Å². The van der Waals surface area contributed by atoms with Crippen LogP contribution in [0.1, 0.15) is 28.2 Å². The number of anilines is 1. The van der Waals surface area contributed by atoms with E-state index >= 15 is 0 Å². The van der Waals surface area contributed by atoms with Crippen molar-refractivity contribution in [3.8, 4) is 0 Å². The molecule has 1 amide bonds. The summed E-state index contributed by atoms with van der Waals surface area (Å²) >= 11 is 0. The Bertz CT molecular complexity index is 1500. The quantitative estimate of drug-likeness (QED) is 0.152. The maximum Gasteiger partial charge on any atom is 0.326 e. The van der Waals surface area contributed by atoms with E-state index < -0.39 is 27.9 Å². The van der Waals surface area contributed by atoms with Crippen LogP contribution in [0.2, 0.25) is 0 Å². The molecule has 0 fully saturated rings. The number of sulfonamides is 1. The van der Waals surface area contributed by atoms with E-state index in [0.717, 1.165) is 0 Å². The Kier molecular flexibility index (Phi) is 8.33. The SMILES string of the molecule is Cc1noc(C)c1S(=O)(=O)NC(CNC(=O)c1cccc2[nH]ncc12)C(=O)OCCCNc1ccccn1. The predicted molar refractivity (Wildman–Crippen MR) is 137 cm³/mol. The van der Waals surface area contributed by atoms with Gasteiger partial charge in [0, 0.05) is 24.7 Å². The van der Waals surface area contributed by atoms with Crippen LogP contribution in [0.15, 0.2) is 58.2 Å². The zero-order chi connectivity index (χ0) is 27.1. The first-order chi connectivity index (χ1) is 18.3. The van der Waals surface area contributed by atoms with Crippen molar-refractivity contribution in [2.24, 2.45) is 0 Å². The highest BCUT2D eigenvalue weighted by atomic mass is 32.2. The lowest BCUT2D eigenvalue weighted by molar-refractivity contribution is -0.145. The largest absolute Gasteiger partial charge is 0.464 e. The minimum atomic E-state index is -4.23. The molecule has 4 N–H and O–H groups in total. The number of nitrogens with zero attached hydrogens (tertiary/aromatic N) is 3. The van der Waals surface area contributed by atoms with Gasteiger partial charge in [-0.15, -0.1) is 0 Å². The molecule has 0 aliphatic rings. The monoisotopic (exact) mass is 541 g/mol. The molecule has 0 saturated heterocycles. The average Bonchev–Trinajstić information content (AvgIpc) is 3.52. The fraction of sp³-hybridized carbons (Fsp3) is 0.292. The standard InChI is InChI=1S/C24H27N7O6S/c1-15-22(16(2)37-30-15)38(34,35)31-20(24(33)36-12-6-11-26-21-9-3-4-10-25-21)14-27-23(32)17-7-5-8-19-18(17)13-28-29-19/h3-5,7-10,13,20,31H,6,11-12,14H2,1-2H3,(H,25,26)(H,27,32)(H,28,29). The number of aromatic nitrogens is 4. The van der Waals surface area contributed by atoms with Gasteiger partial charge in [-0.05, 0) is 44.5 Å². The molecule has 0 aliphatic heterocycles. The Balaban J connectivity index is 1.42. The third kappa shape index (κ3) is 6.33. The van der Waals surface area contributed by atoms with Gasteiger partial charge in [-0.2, -0.15) is 9.82 Å². The Morgan fingerprint density at radius 3 is 2.74 bits per heavy atom.